The van der Waals surface area contributed by atoms with Gasteiger partial charge in [0.05, 0.1) is 0 Å². The number of fused-ring (bicyclic) bond motifs is 1. The van der Waals surface area contributed by atoms with Crippen LogP contribution < -0.4 is 3.58 Å². The van der Waals surface area contributed by atoms with Crippen molar-refractivity contribution >= 4 is 30.3 Å². The first-order valence-corrected chi connectivity index (χ1v) is 22.5. The summed E-state index contributed by atoms with van der Waals surface area (Å²) in [4.78, 5) is 0. The summed E-state index contributed by atoms with van der Waals surface area (Å²) >= 11 is -2.40. The Bertz CT molecular complexity index is 569. The minimum absolute atomic E-state index is 0.876. The maximum absolute atomic E-state index is 6.46. The standard InChI is InChI=1S/C12H17OSi.3C4H9.Sn/c1-14(2,3)13-9-10-4-5-11-6-7-12(11)8-10;3*1-3-4-2;/h5,8H,6-7,9H2,1-3H3;3*1,3-4H2,2H3;. The number of hydrogen-bond acceptors (Lipinski definition) is 1. The summed E-state index contributed by atoms with van der Waals surface area (Å²) in [6.07, 6.45) is 11.0. The molecule has 0 heterocycles. The molecule has 0 atom stereocenters. The van der Waals surface area contributed by atoms with Gasteiger partial charge in [-0.1, -0.05) is 0 Å². The molecule has 1 aliphatic rings. The second-order valence-corrected chi connectivity index (χ2v) is 27.4. The van der Waals surface area contributed by atoms with Gasteiger partial charge in [-0.2, -0.15) is 0 Å². The van der Waals surface area contributed by atoms with Crippen LogP contribution in [0.4, 0.5) is 0 Å². The number of unbranched alkanes of at least 4 members (excludes halogenated alkanes) is 3. The zero-order valence-corrected chi connectivity index (χ0v) is 22.9. The molecule has 1 aromatic rings. The molecule has 0 bridgehead atoms. The van der Waals surface area contributed by atoms with Crippen molar-refractivity contribution in [3.63, 3.8) is 0 Å². The summed E-state index contributed by atoms with van der Waals surface area (Å²) in [6, 6.07) is 5.28. The van der Waals surface area contributed by atoms with Crippen molar-refractivity contribution in [2.24, 2.45) is 0 Å². The van der Waals surface area contributed by atoms with E-state index in [0.29, 0.717) is 0 Å². The van der Waals surface area contributed by atoms with Gasteiger partial charge in [0.1, 0.15) is 0 Å². The van der Waals surface area contributed by atoms with Crippen LogP contribution in [-0.4, -0.2) is 26.7 Å². The zero-order valence-electron chi connectivity index (χ0n) is 19.0. The molecular weight excluding hydrogens is 451 g/mol. The van der Waals surface area contributed by atoms with Crippen molar-refractivity contribution in [2.75, 3.05) is 0 Å². The monoisotopic (exact) mass is 496 g/mol. The van der Waals surface area contributed by atoms with E-state index in [0.717, 1.165) is 6.61 Å². The van der Waals surface area contributed by atoms with Gasteiger partial charge < -0.3 is 0 Å². The number of benzene rings is 1. The summed E-state index contributed by atoms with van der Waals surface area (Å²) in [5.41, 5.74) is 4.90. The molecular formula is C24H44OSiSn. The molecule has 0 spiro atoms. The summed E-state index contributed by atoms with van der Waals surface area (Å²) in [7, 11) is -1.49. The molecule has 1 aromatic carbocycles. The average molecular weight is 495 g/mol. The Morgan fingerprint density at radius 3 is 1.70 bits per heavy atom. The molecule has 0 unspecified atom stereocenters. The SMILES string of the molecule is CCC[CH2][Sn]([CH2]CCC)([CH2]CCC)[c]1cc2c(cc1CO[Si](C)(C)C)CC2. The van der Waals surface area contributed by atoms with E-state index in [1.807, 2.05) is 3.58 Å². The van der Waals surface area contributed by atoms with Crippen LogP contribution in [-0.2, 0) is 23.9 Å². The second-order valence-electron chi connectivity index (χ2n) is 9.77. The van der Waals surface area contributed by atoms with Crippen molar-refractivity contribution in [2.45, 2.75) is 112 Å². The molecule has 154 valence electrons. The Morgan fingerprint density at radius 1 is 0.815 bits per heavy atom. The molecule has 0 amide bonds. The van der Waals surface area contributed by atoms with E-state index in [-0.39, 0.29) is 0 Å². The Labute approximate surface area is 174 Å². The predicted octanol–water partition coefficient (Wildman–Crippen LogP) is 7.19. The zero-order chi connectivity index (χ0) is 19.9. The fraction of sp³-hybridized carbons (Fsp3) is 0.750. The first-order chi connectivity index (χ1) is 12.8. The van der Waals surface area contributed by atoms with Gasteiger partial charge in [0.2, 0.25) is 0 Å². The molecule has 0 saturated heterocycles. The van der Waals surface area contributed by atoms with E-state index in [4.69, 9.17) is 4.43 Å². The first kappa shape index (κ1) is 23.5. The molecule has 0 radical (unpaired) electrons. The molecule has 3 heteroatoms. The van der Waals surface area contributed by atoms with Crippen molar-refractivity contribution in [3.8, 4) is 0 Å². The Hall–Kier alpha value is 0.196. The molecule has 0 aliphatic heterocycles. The van der Waals surface area contributed by atoms with E-state index in [2.05, 4.69) is 52.5 Å². The number of rotatable bonds is 13. The molecule has 0 aromatic heterocycles. The second kappa shape index (κ2) is 10.8. The van der Waals surface area contributed by atoms with Crippen LogP contribution >= 0.6 is 0 Å². The van der Waals surface area contributed by atoms with Crippen molar-refractivity contribution in [1.29, 1.82) is 0 Å². The van der Waals surface area contributed by atoms with Gasteiger partial charge in [-0.15, -0.1) is 0 Å². The maximum atomic E-state index is 6.46. The fourth-order valence-corrected chi connectivity index (χ4v) is 22.1. The van der Waals surface area contributed by atoms with Gasteiger partial charge in [-0.3, -0.25) is 0 Å². The predicted molar refractivity (Wildman–Crippen MR) is 127 cm³/mol. The molecule has 1 aliphatic carbocycles. The van der Waals surface area contributed by atoms with E-state index in [1.54, 1.807) is 30.0 Å². The van der Waals surface area contributed by atoms with Gasteiger partial charge in [0.15, 0.2) is 0 Å². The van der Waals surface area contributed by atoms with Crippen molar-refractivity contribution in [1.82, 2.24) is 0 Å². The average Bonchev–Trinajstić information content (AvgIpc) is 2.61. The molecule has 0 fully saturated rings. The third kappa shape index (κ3) is 6.60. The van der Waals surface area contributed by atoms with Crippen molar-refractivity contribution in [3.05, 3.63) is 28.8 Å². The van der Waals surface area contributed by atoms with E-state index in [1.165, 1.54) is 51.4 Å². The van der Waals surface area contributed by atoms with Crippen LogP contribution in [0.5, 0.6) is 0 Å². The third-order valence-electron chi connectivity index (χ3n) is 6.35. The van der Waals surface area contributed by atoms with Gasteiger partial charge in [-0.25, -0.2) is 0 Å². The topological polar surface area (TPSA) is 9.23 Å². The first-order valence-electron chi connectivity index (χ1n) is 11.6. The molecule has 0 N–H and O–H groups in total. The Morgan fingerprint density at radius 2 is 1.30 bits per heavy atom. The Balaban J connectivity index is 2.45. The number of hydrogen-bond donors (Lipinski definition) is 0. The van der Waals surface area contributed by atoms with Gasteiger partial charge in [0.25, 0.3) is 0 Å². The summed E-state index contributed by atoms with van der Waals surface area (Å²) < 4.78 is 13.0. The van der Waals surface area contributed by atoms with Crippen LogP contribution in [0.2, 0.25) is 33.0 Å². The van der Waals surface area contributed by atoms with Crippen LogP contribution in [0.3, 0.4) is 0 Å². The van der Waals surface area contributed by atoms with Crippen LogP contribution in [0.25, 0.3) is 0 Å². The fourth-order valence-electron chi connectivity index (χ4n) is 4.53. The number of aryl methyl sites for hydroxylation is 2. The van der Waals surface area contributed by atoms with Crippen LogP contribution in [0.15, 0.2) is 12.1 Å². The van der Waals surface area contributed by atoms with E-state index >= 15 is 0 Å². The molecule has 0 saturated carbocycles. The molecule has 27 heavy (non-hydrogen) atoms. The van der Waals surface area contributed by atoms with Gasteiger partial charge in [-0.05, 0) is 0 Å². The van der Waals surface area contributed by atoms with Crippen molar-refractivity contribution < 1.29 is 4.43 Å². The Kier molecular flexibility index (Phi) is 9.41. The van der Waals surface area contributed by atoms with Crippen LogP contribution in [0, 0.1) is 0 Å². The normalized spacial score (nSPS) is 14.1. The summed E-state index contributed by atoms with van der Waals surface area (Å²) in [6.45, 7) is 15.0. The summed E-state index contributed by atoms with van der Waals surface area (Å²) in [5, 5.41) is 0. The molecule has 1 nitrogen and oxygen atoms in total. The van der Waals surface area contributed by atoms with Gasteiger partial charge >= 0.3 is 175 Å². The van der Waals surface area contributed by atoms with E-state index in [9.17, 15) is 0 Å². The minimum atomic E-state index is -2.40. The third-order valence-corrected chi connectivity index (χ3v) is 23.2. The quantitative estimate of drug-likeness (QED) is 0.263. The summed E-state index contributed by atoms with van der Waals surface area (Å²) in [5.74, 6) is 0. The van der Waals surface area contributed by atoms with Crippen LogP contribution in [0.1, 0.15) is 76.0 Å². The molecule has 2 rings (SSSR count). The van der Waals surface area contributed by atoms with E-state index < -0.39 is 26.7 Å². The van der Waals surface area contributed by atoms with Gasteiger partial charge in [0, 0.05) is 0 Å².